The molecule has 136 valence electrons. The lowest BCUT2D eigenvalue weighted by Gasteiger charge is -2.43. The largest absolute Gasteiger partial charge is 0.381 e. The zero-order valence-electron chi connectivity index (χ0n) is 14.7. The van der Waals surface area contributed by atoms with Gasteiger partial charge in [0.1, 0.15) is 0 Å². The van der Waals surface area contributed by atoms with Crippen LogP contribution in [-0.2, 0) is 21.4 Å². The molecule has 0 bridgehead atoms. The fourth-order valence-electron chi connectivity index (χ4n) is 4.66. The summed E-state index contributed by atoms with van der Waals surface area (Å²) in [7, 11) is 1.90. The highest BCUT2D eigenvalue weighted by molar-refractivity contribution is 5.82. The topological polar surface area (TPSA) is 76.5 Å². The van der Waals surface area contributed by atoms with E-state index in [2.05, 4.69) is 10.4 Å². The number of nitrogens with zero attached hydrogens (tertiary/aromatic N) is 3. The standard InChI is InChI=1S/C18H26N4O3/c1-21-12-14(11-19-21)15-10-16(23)20-18(15)4-6-22(7-5-18)17(24)13-2-8-25-9-3-13/h11-13,15H,2-10H2,1H3,(H,20,23)/t15-/m0/s1. The summed E-state index contributed by atoms with van der Waals surface area (Å²) in [5.74, 6) is 0.627. The normalized spacial score (nSPS) is 26.8. The van der Waals surface area contributed by atoms with Crippen molar-refractivity contribution in [2.24, 2.45) is 13.0 Å². The molecule has 25 heavy (non-hydrogen) atoms. The van der Waals surface area contributed by atoms with Gasteiger partial charge in [0.25, 0.3) is 0 Å². The quantitative estimate of drug-likeness (QED) is 0.860. The van der Waals surface area contributed by atoms with Gasteiger partial charge >= 0.3 is 0 Å². The minimum Gasteiger partial charge on any atom is -0.381 e. The third kappa shape index (κ3) is 3.05. The SMILES string of the molecule is Cn1cc([C@@H]2CC(=O)NC23CCN(C(=O)C2CCOCC2)CC3)cn1. The van der Waals surface area contributed by atoms with E-state index in [1.807, 2.05) is 24.3 Å². The molecule has 0 aromatic carbocycles. The molecule has 1 N–H and O–H groups in total. The average Bonchev–Trinajstić information content (AvgIpc) is 3.19. The molecular weight excluding hydrogens is 320 g/mol. The first kappa shape index (κ1) is 16.6. The van der Waals surface area contributed by atoms with Crippen molar-refractivity contribution in [3.63, 3.8) is 0 Å². The fraction of sp³-hybridized carbons (Fsp3) is 0.722. The summed E-state index contributed by atoms with van der Waals surface area (Å²) >= 11 is 0. The molecule has 4 rings (SSSR count). The van der Waals surface area contributed by atoms with E-state index in [1.165, 1.54) is 0 Å². The highest BCUT2D eigenvalue weighted by atomic mass is 16.5. The Morgan fingerprint density at radius 2 is 2.04 bits per heavy atom. The van der Waals surface area contributed by atoms with Gasteiger partial charge in [-0.25, -0.2) is 0 Å². The van der Waals surface area contributed by atoms with E-state index in [0.29, 0.717) is 32.7 Å². The van der Waals surface area contributed by atoms with Crippen molar-refractivity contribution in [2.75, 3.05) is 26.3 Å². The van der Waals surface area contributed by atoms with Crippen LogP contribution in [0.1, 0.15) is 43.6 Å². The van der Waals surface area contributed by atoms with Crippen LogP contribution >= 0.6 is 0 Å². The summed E-state index contributed by atoms with van der Waals surface area (Å²) in [6.45, 7) is 2.81. The zero-order chi connectivity index (χ0) is 17.4. The second-order valence-corrected chi connectivity index (χ2v) is 7.62. The number of hydrogen-bond acceptors (Lipinski definition) is 4. The number of hydrogen-bond donors (Lipinski definition) is 1. The molecule has 0 saturated carbocycles. The van der Waals surface area contributed by atoms with Crippen LogP contribution in [0, 0.1) is 5.92 Å². The number of ether oxygens (including phenoxy) is 1. The third-order valence-electron chi connectivity index (χ3n) is 6.11. The maximum atomic E-state index is 12.7. The number of aromatic nitrogens is 2. The molecule has 1 atom stereocenters. The van der Waals surface area contributed by atoms with Gasteiger partial charge in [0.05, 0.1) is 11.7 Å². The molecule has 3 saturated heterocycles. The Hall–Kier alpha value is -1.89. The Kier molecular flexibility index (Phi) is 4.27. The monoisotopic (exact) mass is 346 g/mol. The summed E-state index contributed by atoms with van der Waals surface area (Å²) in [5.41, 5.74) is 0.886. The lowest BCUT2D eigenvalue weighted by atomic mass is 9.75. The number of likely N-dealkylation sites (tertiary alicyclic amines) is 1. The van der Waals surface area contributed by atoms with Gasteiger partial charge in [-0.2, -0.15) is 5.10 Å². The highest BCUT2D eigenvalue weighted by Gasteiger charge is 2.49. The summed E-state index contributed by atoms with van der Waals surface area (Å²) < 4.78 is 7.15. The van der Waals surface area contributed by atoms with E-state index in [-0.39, 0.29) is 29.2 Å². The summed E-state index contributed by atoms with van der Waals surface area (Å²) in [6.07, 6.45) is 7.67. The molecule has 3 aliphatic heterocycles. The van der Waals surface area contributed by atoms with Crippen LogP contribution in [0.5, 0.6) is 0 Å². The average molecular weight is 346 g/mol. The van der Waals surface area contributed by atoms with Gasteiger partial charge in [0.2, 0.25) is 11.8 Å². The molecule has 0 unspecified atom stereocenters. The Bertz CT molecular complexity index is 657. The molecule has 3 aliphatic rings. The van der Waals surface area contributed by atoms with E-state index in [0.717, 1.165) is 31.2 Å². The first-order valence-electron chi connectivity index (χ1n) is 9.23. The van der Waals surface area contributed by atoms with Crippen molar-refractivity contribution in [1.82, 2.24) is 20.0 Å². The molecule has 1 spiro atoms. The number of nitrogens with one attached hydrogen (secondary N) is 1. The lowest BCUT2D eigenvalue weighted by Crippen LogP contribution is -2.55. The number of carbonyl (C=O) groups is 2. The molecular formula is C18H26N4O3. The van der Waals surface area contributed by atoms with Crippen LogP contribution in [0.25, 0.3) is 0 Å². The van der Waals surface area contributed by atoms with Gasteiger partial charge < -0.3 is 15.0 Å². The fourth-order valence-corrected chi connectivity index (χ4v) is 4.66. The maximum Gasteiger partial charge on any atom is 0.225 e. The number of carbonyl (C=O) groups excluding carboxylic acids is 2. The van der Waals surface area contributed by atoms with E-state index in [4.69, 9.17) is 4.74 Å². The van der Waals surface area contributed by atoms with Gasteiger partial charge in [-0.05, 0) is 31.2 Å². The maximum absolute atomic E-state index is 12.7. The second kappa shape index (κ2) is 6.44. The molecule has 0 radical (unpaired) electrons. The van der Waals surface area contributed by atoms with E-state index < -0.39 is 0 Å². The van der Waals surface area contributed by atoms with Crippen molar-refractivity contribution in [1.29, 1.82) is 0 Å². The van der Waals surface area contributed by atoms with Gasteiger partial charge in [-0.15, -0.1) is 0 Å². The molecule has 4 heterocycles. The Balaban J connectivity index is 1.45. The van der Waals surface area contributed by atoms with Crippen molar-refractivity contribution in [2.45, 2.75) is 43.6 Å². The van der Waals surface area contributed by atoms with Crippen molar-refractivity contribution in [3.8, 4) is 0 Å². The van der Waals surface area contributed by atoms with Gasteiger partial charge in [0, 0.05) is 57.8 Å². The van der Waals surface area contributed by atoms with Crippen LogP contribution < -0.4 is 5.32 Å². The molecule has 7 heteroatoms. The van der Waals surface area contributed by atoms with E-state index >= 15 is 0 Å². The van der Waals surface area contributed by atoms with Crippen LogP contribution in [0.2, 0.25) is 0 Å². The predicted octanol–water partition coefficient (Wildman–Crippen LogP) is 0.811. The van der Waals surface area contributed by atoms with Crippen LogP contribution in [-0.4, -0.2) is 58.3 Å². The minimum absolute atomic E-state index is 0.107. The van der Waals surface area contributed by atoms with Crippen molar-refractivity contribution < 1.29 is 14.3 Å². The van der Waals surface area contributed by atoms with Crippen LogP contribution in [0.4, 0.5) is 0 Å². The smallest absolute Gasteiger partial charge is 0.225 e. The molecule has 7 nitrogen and oxygen atoms in total. The summed E-state index contributed by atoms with van der Waals surface area (Å²) in [6, 6.07) is 0. The zero-order valence-corrected chi connectivity index (χ0v) is 14.7. The van der Waals surface area contributed by atoms with Gasteiger partial charge in [-0.1, -0.05) is 0 Å². The first-order chi connectivity index (χ1) is 12.1. The Labute approximate surface area is 147 Å². The molecule has 1 aromatic rings. The molecule has 1 aromatic heterocycles. The minimum atomic E-state index is -0.230. The molecule has 2 amide bonds. The Morgan fingerprint density at radius 3 is 2.68 bits per heavy atom. The number of amides is 2. The number of aryl methyl sites for hydroxylation is 1. The Morgan fingerprint density at radius 1 is 1.32 bits per heavy atom. The van der Waals surface area contributed by atoms with Crippen molar-refractivity contribution in [3.05, 3.63) is 18.0 Å². The second-order valence-electron chi connectivity index (χ2n) is 7.62. The number of rotatable bonds is 2. The highest BCUT2D eigenvalue weighted by Crippen LogP contribution is 2.43. The lowest BCUT2D eigenvalue weighted by molar-refractivity contribution is -0.140. The van der Waals surface area contributed by atoms with E-state index in [1.54, 1.807) is 4.68 Å². The summed E-state index contributed by atoms with van der Waals surface area (Å²) in [4.78, 5) is 26.9. The van der Waals surface area contributed by atoms with Gasteiger partial charge in [-0.3, -0.25) is 14.3 Å². The van der Waals surface area contributed by atoms with Crippen LogP contribution in [0.15, 0.2) is 12.4 Å². The van der Waals surface area contributed by atoms with Crippen molar-refractivity contribution >= 4 is 11.8 Å². The first-order valence-corrected chi connectivity index (χ1v) is 9.23. The van der Waals surface area contributed by atoms with Gasteiger partial charge in [0.15, 0.2) is 0 Å². The van der Waals surface area contributed by atoms with Crippen LogP contribution in [0.3, 0.4) is 0 Å². The number of piperidine rings is 1. The molecule has 0 aliphatic carbocycles. The predicted molar refractivity (Wildman–Crippen MR) is 90.8 cm³/mol. The van der Waals surface area contributed by atoms with E-state index in [9.17, 15) is 9.59 Å². The molecule has 3 fully saturated rings. The summed E-state index contributed by atoms with van der Waals surface area (Å²) in [5, 5.41) is 7.50. The third-order valence-corrected chi connectivity index (χ3v) is 6.11.